The minimum Gasteiger partial charge on any atom is -0.352 e. The summed E-state index contributed by atoms with van der Waals surface area (Å²) in [5.74, 6) is -0.108. The number of hydrogen-bond acceptors (Lipinski definition) is 2. The van der Waals surface area contributed by atoms with E-state index in [0.29, 0.717) is 23.6 Å². The van der Waals surface area contributed by atoms with Crippen LogP contribution in [0.3, 0.4) is 0 Å². The molecular formula is C15H18ClNO2. The maximum Gasteiger partial charge on any atom is 0.251 e. The van der Waals surface area contributed by atoms with Crippen molar-refractivity contribution in [1.29, 1.82) is 0 Å². The van der Waals surface area contributed by atoms with E-state index in [1.807, 2.05) is 0 Å². The van der Waals surface area contributed by atoms with E-state index in [0.717, 1.165) is 25.5 Å². The van der Waals surface area contributed by atoms with E-state index in [2.05, 4.69) is 5.32 Å². The van der Waals surface area contributed by atoms with Crippen LogP contribution in [0.5, 0.6) is 0 Å². The lowest BCUT2D eigenvalue weighted by atomic mass is 9.65. The highest BCUT2D eigenvalue weighted by Crippen LogP contribution is 2.45. The zero-order chi connectivity index (χ0) is 13.7. The smallest absolute Gasteiger partial charge is 0.251 e. The summed E-state index contributed by atoms with van der Waals surface area (Å²) in [5, 5.41) is 3.45. The predicted molar refractivity (Wildman–Crippen MR) is 75.4 cm³/mol. The van der Waals surface area contributed by atoms with Crippen LogP contribution in [-0.4, -0.2) is 18.7 Å². The van der Waals surface area contributed by atoms with Crippen LogP contribution in [0, 0.1) is 5.41 Å². The van der Waals surface area contributed by atoms with Crippen LogP contribution in [0.25, 0.3) is 0 Å². The molecule has 1 N–H and O–H groups in total. The zero-order valence-corrected chi connectivity index (χ0v) is 11.6. The first kappa shape index (κ1) is 14.1. The van der Waals surface area contributed by atoms with E-state index in [4.69, 9.17) is 11.6 Å². The molecule has 1 fully saturated rings. The molecule has 0 aliphatic heterocycles. The van der Waals surface area contributed by atoms with Crippen molar-refractivity contribution in [2.75, 3.05) is 6.54 Å². The topological polar surface area (TPSA) is 46.2 Å². The molecule has 0 atom stereocenters. The lowest BCUT2D eigenvalue weighted by molar-refractivity contribution is -0.111. The number of aldehydes is 1. The van der Waals surface area contributed by atoms with Gasteiger partial charge in [-0.25, -0.2) is 0 Å². The normalized spacial score (nSPS) is 16.5. The molecule has 0 aromatic heterocycles. The third-order valence-corrected chi connectivity index (χ3v) is 4.19. The highest BCUT2D eigenvalue weighted by Gasteiger charge is 2.35. The molecule has 0 spiro atoms. The quantitative estimate of drug-likeness (QED) is 0.813. The van der Waals surface area contributed by atoms with Crippen molar-refractivity contribution in [2.45, 2.75) is 32.1 Å². The molecule has 2 rings (SSSR count). The summed E-state index contributed by atoms with van der Waals surface area (Å²) in [6.07, 6.45) is 5.86. The van der Waals surface area contributed by atoms with Gasteiger partial charge in [0.1, 0.15) is 6.29 Å². The molecule has 0 unspecified atom stereocenters. The van der Waals surface area contributed by atoms with Crippen molar-refractivity contribution >= 4 is 23.8 Å². The van der Waals surface area contributed by atoms with Crippen molar-refractivity contribution < 1.29 is 9.59 Å². The van der Waals surface area contributed by atoms with Crippen LogP contribution in [0.2, 0.25) is 5.02 Å². The fourth-order valence-corrected chi connectivity index (χ4v) is 2.77. The molecular weight excluding hydrogens is 262 g/mol. The Kier molecular flexibility index (Phi) is 4.59. The Morgan fingerprint density at radius 1 is 1.42 bits per heavy atom. The Morgan fingerprint density at radius 3 is 2.79 bits per heavy atom. The number of benzene rings is 1. The van der Waals surface area contributed by atoms with Crippen molar-refractivity contribution in [3.63, 3.8) is 0 Å². The van der Waals surface area contributed by atoms with Gasteiger partial charge in [-0.3, -0.25) is 4.79 Å². The van der Waals surface area contributed by atoms with E-state index < -0.39 is 0 Å². The third-order valence-electron chi connectivity index (χ3n) is 3.96. The molecule has 1 aromatic carbocycles. The minimum atomic E-state index is -0.108. The SMILES string of the molecule is O=CCC1(CCNC(=O)c2cccc(Cl)c2)CCC1. The Bertz CT molecular complexity index is 469. The Labute approximate surface area is 118 Å². The summed E-state index contributed by atoms with van der Waals surface area (Å²) in [4.78, 5) is 22.6. The van der Waals surface area contributed by atoms with Gasteiger partial charge in [-0.15, -0.1) is 0 Å². The maximum absolute atomic E-state index is 11.9. The van der Waals surface area contributed by atoms with E-state index in [9.17, 15) is 9.59 Å². The first-order valence-electron chi connectivity index (χ1n) is 6.63. The van der Waals surface area contributed by atoms with Gasteiger partial charge in [0.2, 0.25) is 0 Å². The molecule has 102 valence electrons. The molecule has 1 aromatic rings. The van der Waals surface area contributed by atoms with E-state index in [1.165, 1.54) is 6.42 Å². The maximum atomic E-state index is 11.9. The van der Waals surface area contributed by atoms with Gasteiger partial charge in [-0.2, -0.15) is 0 Å². The van der Waals surface area contributed by atoms with Crippen molar-refractivity contribution in [1.82, 2.24) is 5.32 Å². The second kappa shape index (κ2) is 6.20. The third kappa shape index (κ3) is 3.57. The summed E-state index contributed by atoms with van der Waals surface area (Å²) in [6.45, 7) is 0.610. The summed E-state index contributed by atoms with van der Waals surface area (Å²) >= 11 is 5.85. The number of carbonyl (C=O) groups excluding carboxylic acids is 2. The lowest BCUT2D eigenvalue weighted by Crippen LogP contribution is -2.35. The number of halogens is 1. The van der Waals surface area contributed by atoms with Crippen LogP contribution < -0.4 is 5.32 Å². The lowest BCUT2D eigenvalue weighted by Gasteiger charge is -2.40. The molecule has 0 heterocycles. The summed E-state index contributed by atoms with van der Waals surface area (Å²) in [5.41, 5.74) is 0.717. The first-order chi connectivity index (χ1) is 9.15. The van der Waals surface area contributed by atoms with Crippen LogP contribution in [0.1, 0.15) is 42.5 Å². The van der Waals surface area contributed by atoms with Gasteiger partial charge in [0.15, 0.2) is 0 Å². The molecule has 0 radical (unpaired) electrons. The fraction of sp³-hybridized carbons (Fsp3) is 0.467. The minimum absolute atomic E-state index is 0.108. The molecule has 0 saturated heterocycles. The van der Waals surface area contributed by atoms with Gasteiger partial charge >= 0.3 is 0 Å². The van der Waals surface area contributed by atoms with Crippen LogP contribution >= 0.6 is 11.6 Å². The van der Waals surface area contributed by atoms with Crippen molar-refractivity contribution in [3.8, 4) is 0 Å². The van der Waals surface area contributed by atoms with Crippen LogP contribution in [0.4, 0.5) is 0 Å². The van der Waals surface area contributed by atoms with Gasteiger partial charge in [0.25, 0.3) is 5.91 Å². The average Bonchev–Trinajstić information content (AvgIpc) is 2.35. The van der Waals surface area contributed by atoms with Gasteiger partial charge < -0.3 is 10.1 Å². The van der Waals surface area contributed by atoms with Crippen molar-refractivity contribution in [3.05, 3.63) is 34.9 Å². The molecule has 19 heavy (non-hydrogen) atoms. The fourth-order valence-electron chi connectivity index (χ4n) is 2.58. The predicted octanol–water partition coefficient (Wildman–Crippen LogP) is 3.22. The number of rotatable bonds is 6. The second-order valence-electron chi connectivity index (χ2n) is 5.24. The summed E-state index contributed by atoms with van der Waals surface area (Å²) in [7, 11) is 0. The standard InChI is InChI=1S/C15H18ClNO2/c16-13-4-1-3-12(11-13)14(19)17-9-7-15(8-10-18)5-2-6-15/h1,3-4,10-11H,2,5-9H2,(H,17,19). The molecule has 4 heteroatoms. The largest absolute Gasteiger partial charge is 0.352 e. The van der Waals surface area contributed by atoms with E-state index >= 15 is 0 Å². The summed E-state index contributed by atoms with van der Waals surface area (Å²) < 4.78 is 0. The first-order valence-corrected chi connectivity index (χ1v) is 7.00. The highest BCUT2D eigenvalue weighted by molar-refractivity contribution is 6.30. The number of amides is 1. The molecule has 1 saturated carbocycles. The van der Waals surface area contributed by atoms with Gasteiger partial charge in [0.05, 0.1) is 0 Å². The molecule has 0 bridgehead atoms. The zero-order valence-electron chi connectivity index (χ0n) is 10.8. The van der Waals surface area contributed by atoms with E-state index in [-0.39, 0.29) is 11.3 Å². The van der Waals surface area contributed by atoms with Gasteiger partial charge in [-0.05, 0) is 42.9 Å². The Hall–Kier alpha value is -1.35. The van der Waals surface area contributed by atoms with E-state index in [1.54, 1.807) is 24.3 Å². The summed E-state index contributed by atoms with van der Waals surface area (Å²) in [6, 6.07) is 6.90. The van der Waals surface area contributed by atoms with Crippen molar-refractivity contribution in [2.24, 2.45) is 5.41 Å². The van der Waals surface area contributed by atoms with Crippen LogP contribution in [-0.2, 0) is 4.79 Å². The number of carbonyl (C=O) groups is 2. The Morgan fingerprint density at radius 2 is 2.21 bits per heavy atom. The second-order valence-corrected chi connectivity index (χ2v) is 5.68. The number of nitrogens with one attached hydrogen (secondary N) is 1. The Balaban J connectivity index is 1.82. The molecule has 1 amide bonds. The molecule has 1 aliphatic rings. The average molecular weight is 280 g/mol. The highest BCUT2D eigenvalue weighted by atomic mass is 35.5. The number of hydrogen-bond donors (Lipinski definition) is 1. The molecule has 3 nitrogen and oxygen atoms in total. The van der Waals surface area contributed by atoms with Gasteiger partial charge in [-0.1, -0.05) is 24.1 Å². The van der Waals surface area contributed by atoms with Crippen LogP contribution in [0.15, 0.2) is 24.3 Å². The monoisotopic (exact) mass is 279 g/mol. The van der Waals surface area contributed by atoms with Gasteiger partial charge in [0, 0.05) is 23.6 Å². The molecule has 1 aliphatic carbocycles.